The van der Waals surface area contributed by atoms with Crippen LogP contribution in [0.2, 0.25) is 0 Å². The van der Waals surface area contributed by atoms with Crippen LogP contribution in [0.5, 0.6) is 0 Å². The van der Waals surface area contributed by atoms with Gasteiger partial charge in [0, 0.05) is 17.5 Å². The molecule has 1 aliphatic rings. The first-order chi connectivity index (χ1) is 7.86. The van der Waals surface area contributed by atoms with Crippen molar-refractivity contribution in [1.29, 1.82) is 0 Å². The minimum atomic E-state index is 0. The van der Waals surface area contributed by atoms with Gasteiger partial charge in [0.1, 0.15) is 0 Å². The summed E-state index contributed by atoms with van der Waals surface area (Å²) < 4.78 is 0. The number of hydrogen-bond donors (Lipinski definition) is 1. The predicted octanol–water partition coefficient (Wildman–Crippen LogP) is 4.68. The van der Waals surface area contributed by atoms with E-state index in [4.69, 9.17) is 0 Å². The Labute approximate surface area is 115 Å². The van der Waals surface area contributed by atoms with Crippen LogP contribution in [0, 0.1) is 6.92 Å². The molecular formula is C14H24ClNS. The van der Waals surface area contributed by atoms with Gasteiger partial charge < -0.3 is 5.32 Å². The van der Waals surface area contributed by atoms with Gasteiger partial charge in [-0.1, -0.05) is 32.1 Å². The van der Waals surface area contributed by atoms with Crippen LogP contribution < -0.4 is 5.32 Å². The maximum Gasteiger partial charge on any atom is 0.0304 e. The van der Waals surface area contributed by atoms with Gasteiger partial charge in [0.2, 0.25) is 0 Å². The normalized spacial score (nSPS) is 18.2. The summed E-state index contributed by atoms with van der Waals surface area (Å²) in [7, 11) is 0. The van der Waals surface area contributed by atoms with Gasteiger partial charge in [0.15, 0.2) is 0 Å². The number of aryl methyl sites for hydroxylation is 1. The van der Waals surface area contributed by atoms with Gasteiger partial charge in [0.25, 0.3) is 0 Å². The third-order valence-electron chi connectivity index (χ3n) is 3.62. The molecule has 0 atom stereocenters. The van der Waals surface area contributed by atoms with Crippen molar-refractivity contribution < 1.29 is 0 Å². The largest absolute Gasteiger partial charge is 0.309 e. The third kappa shape index (κ3) is 4.99. The van der Waals surface area contributed by atoms with E-state index in [1.165, 1.54) is 55.4 Å². The number of nitrogens with one attached hydrogen (secondary N) is 1. The van der Waals surface area contributed by atoms with Gasteiger partial charge in [0.05, 0.1) is 0 Å². The van der Waals surface area contributed by atoms with E-state index in [2.05, 4.69) is 23.7 Å². The van der Waals surface area contributed by atoms with E-state index in [1.807, 2.05) is 11.3 Å². The zero-order valence-electron chi connectivity index (χ0n) is 10.7. The number of halogens is 1. The lowest BCUT2D eigenvalue weighted by Crippen LogP contribution is -2.29. The van der Waals surface area contributed by atoms with Crippen LogP contribution in [0.1, 0.15) is 55.4 Å². The van der Waals surface area contributed by atoms with Crippen molar-refractivity contribution in [3.8, 4) is 0 Å². The van der Waals surface area contributed by atoms with Crippen molar-refractivity contribution in [2.45, 2.75) is 64.5 Å². The molecule has 1 saturated carbocycles. The second-order valence-corrected chi connectivity index (χ2v) is 5.95. The van der Waals surface area contributed by atoms with Crippen LogP contribution >= 0.6 is 23.7 Å². The van der Waals surface area contributed by atoms with Crippen molar-refractivity contribution in [3.63, 3.8) is 0 Å². The highest BCUT2D eigenvalue weighted by atomic mass is 35.5. The summed E-state index contributed by atoms with van der Waals surface area (Å²) in [6.45, 7) is 3.29. The van der Waals surface area contributed by atoms with E-state index >= 15 is 0 Å². The number of hydrogen-bond acceptors (Lipinski definition) is 2. The molecule has 1 heterocycles. The second-order valence-electron chi connectivity index (χ2n) is 4.95. The topological polar surface area (TPSA) is 12.0 Å². The van der Waals surface area contributed by atoms with E-state index < -0.39 is 0 Å². The Bertz CT molecular complexity index is 303. The Morgan fingerprint density at radius 1 is 1.18 bits per heavy atom. The molecule has 17 heavy (non-hydrogen) atoms. The molecule has 0 amide bonds. The standard InChI is InChI=1S/C14H23NS.ClH/c1-12-9-10-16-14(12)11-15-13-7-5-3-2-4-6-8-13;/h9-10,13,15H,2-8,11H2,1H3;1H. The summed E-state index contributed by atoms with van der Waals surface area (Å²) in [6.07, 6.45) is 9.93. The maximum atomic E-state index is 3.74. The molecule has 0 aromatic carbocycles. The molecule has 0 spiro atoms. The molecule has 0 unspecified atom stereocenters. The van der Waals surface area contributed by atoms with Crippen LogP contribution in [-0.2, 0) is 6.54 Å². The van der Waals surface area contributed by atoms with Gasteiger partial charge in [-0.05, 0) is 36.8 Å². The molecule has 0 saturated heterocycles. The molecule has 3 heteroatoms. The molecule has 2 rings (SSSR count). The van der Waals surface area contributed by atoms with E-state index in [-0.39, 0.29) is 12.4 Å². The third-order valence-corrected chi connectivity index (χ3v) is 4.65. The fourth-order valence-electron chi connectivity index (χ4n) is 2.48. The van der Waals surface area contributed by atoms with Crippen molar-refractivity contribution in [3.05, 3.63) is 21.9 Å². The zero-order valence-corrected chi connectivity index (χ0v) is 12.3. The summed E-state index contributed by atoms with van der Waals surface area (Å²) in [4.78, 5) is 1.52. The average molecular weight is 274 g/mol. The molecule has 98 valence electrons. The molecule has 0 aliphatic heterocycles. The summed E-state index contributed by atoms with van der Waals surface area (Å²) >= 11 is 1.88. The lowest BCUT2D eigenvalue weighted by Gasteiger charge is -2.20. The van der Waals surface area contributed by atoms with Gasteiger partial charge in [-0.2, -0.15) is 0 Å². The second kappa shape index (κ2) is 8.12. The van der Waals surface area contributed by atoms with E-state index in [1.54, 1.807) is 0 Å². The molecule has 1 N–H and O–H groups in total. The van der Waals surface area contributed by atoms with Gasteiger partial charge >= 0.3 is 0 Å². The smallest absolute Gasteiger partial charge is 0.0304 e. The number of thiophene rings is 1. The first kappa shape index (κ1) is 15.0. The van der Waals surface area contributed by atoms with E-state index in [0.717, 1.165) is 12.6 Å². The Hall–Kier alpha value is -0.0500. The van der Waals surface area contributed by atoms with Crippen LogP contribution in [0.3, 0.4) is 0 Å². The minimum Gasteiger partial charge on any atom is -0.309 e. The monoisotopic (exact) mass is 273 g/mol. The van der Waals surface area contributed by atoms with E-state index in [9.17, 15) is 0 Å². The lowest BCUT2D eigenvalue weighted by molar-refractivity contribution is 0.390. The SMILES string of the molecule is Cc1ccsc1CNC1CCCCCCC1.Cl. The first-order valence-electron chi connectivity index (χ1n) is 6.62. The van der Waals surface area contributed by atoms with E-state index in [0.29, 0.717) is 0 Å². The summed E-state index contributed by atoms with van der Waals surface area (Å²) in [5, 5.41) is 5.94. The van der Waals surface area contributed by atoms with Crippen LogP contribution in [-0.4, -0.2) is 6.04 Å². The first-order valence-corrected chi connectivity index (χ1v) is 7.50. The molecule has 1 fully saturated rings. The van der Waals surface area contributed by atoms with Crippen molar-refractivity contribution in [1.82, 2.24) is 5.32 Å². The average Bonchev–Trinajstić information content (AvgIpc) is 2.63. The van der Waals surface area contributed by atoms with Crippen molar-refractivity contribution in [2.75, 3.05) is 0 Å². The predicted molar refractivity (Wildman–Crippen MR) is 79.3 cm³/mol. The Morgan fingerprint density at radius 2 is 1.82 bits per heavy atom. The molecule has 1 aromatic heterocycles. The molecule has 1 nitrogen and oxygen atoms in total. The van der Waals surface area contributed by atoms with Gasteiger partial charge in [-0.3, -0.25) is 0 Å². The van der Waals surface area contributed by atoms with Crippen LogP contribution in [0.4, 0.5) is 0 Å². The Kier molecular flexibility index (Phi) is 7.17. The quantitative estimate of drug-likeness (QED) is 0.843. The summed E-state index contributed by atoms with van der Waals surface area (Å²) in [5.41, 5.74) is 1.45. The van der Waals surface area contributed by atoms with Crippen LogP contribution in [0.25, 0.3) is 0 Å². The van der Waals surface area contributed by atoms with Crippen molar-refractivity contribution in [2.24, 2.45) is 0 Å². The fourth-order valence-corrected chi connectivity index (χ4v) is 3.34. The number of rotatable bonds is 3. The lowest BCUT2D eigenvalue weighted by atomic mass is 9.97. The molecular weight excluding hydrogens is 250 g/mol. The van der Waals surface area contributed by atoms with Gasteiger partial charge in [-0.25, -0.2) is 0 Å². The van der Waals surface area contributed by atoms with Crippen LogP contribution in [0.15, 0.2) is 11.4 Å². The Balaban J connectivity index is 0.00000144. The highest BCUT2D eigenvalue weighted by Gasteiger charge is 2.11. The zero-order chi connectivity index (χ0) is 11.2. The highest BCUT2D eigenvalue weighted by Crippen LogP contribution is 2.19. The Morgan fingerprint density at radius 3 is 2.41 bits per heavy atom. The van der Waals surface area contributed by atoms with Gasteiger partial charge in [-0.15, -0.1) is 23.7 Å². The fraction of sp³-hybridized carbons (Fsp3) is 0.714. The molecule has 0 radical (unpaired) electrons. The minimum absolute atomic E-state index is 0. The molecule has 1 aliphatic carbocycles. The molecule has 0 bridgehead atoms. The molecule has 1 aromatic rings. The summed E-state index contributed by atoms with van der Waals surface area (Å²) in [6, 6.07) is 2.99. The summed E-state index contributed by atoms with van der Waals surface area (Å²) in [5.74, 6) is 0. The highest BCUT2D eigenvalue weighted by molar-refractivity contribution is 7.10. The van der Waals surface area contributed by atoms with Crippen molar-refractivity contribution >= 4 is 23.7 Å². The maximum absolute atomic E-state index is 3.74.